The van der Waals surface area contributed by atoms with Crippen molar-refractivity contribution in [2.75, 3.05) is 6.61 Å². The molecule has 0 aliphatic carbocycles. The quantitative estimate of drug-likeness (QED) is 0.624. The fourth-order valence-electron chi connectivity index (χ4n) is 2.24. The van der Waals surface area contributed by atoms with Crippen LogP contribution in [0.3, 0.4) is 0 Å². The molecule has 0 saturated carbocycles. The van der Waals surface area contributed by atoms with Crippen molar-refractivity contribution >= 4 is 28.9 Å². The van der Waals surface area contributed by atoms with E-state index in [4.69, 9.17) is 16.3 Å². The maximum Gasteiger partial charge on any atom is 0.350 e. The number of hydrogen-bond acceptors (Lipinski definition) is 5. The highest BCUT2D eigenvalue weighted by atomic mass is 35.5. The standard InChI is InChI=1S/C18H15ClN2O2S/c1-2-23-18(22)16-15(11-12-3-5-14(19)6-4-12)21-17(24-16)13-7-9-20-10-8-13/h3-10H,2,11H2,1H3. The van der Waals surface area contributed by atoms with Gasteiger partial charge in [-0.3, -0.25) is 4.98 Å². The normalized spacial score (nSPS) is 10.6. The van der Waals surface area contributed by atoms with E-state index in [0.29, 0.717) is 28.6 Å². The molecule has 0 saturated heterocycles. The van der Waals surface area contributed by atoms with Crippen molar-refractivity contribution < 1.29 is 9.53 Å². The zero-order valence-electron chi connectivity index (χ0n) is 13.0. The minimum absolute atomic E-state index is 0.334. The van der Waals surface area contributed by atoms with Crippen LogP contribution >= 0.6 is 22.9 Å². The van der Waals surface area contributed by atoms with Crippen LogP contribution in [-0.4, -0.2) is 22.5 Å². The van der Waals surface area contributed by atoms with Gasteiger partial charge in [0.05, 0.1) is 12.3 Å². The molecule has 0 radical (unpaired) electrons. The van der Waals surface area contributed by atoms with Crippen LogP contribution in [0.2, 0.25) is 5.02 Å². The van der Waals surface area contributed by atoms with Crippen LogP contribution in [0.5, 0.6) is 0 Å². The summed E-state index contributed by atoms with van der Waals surface area (Å²) in [5.74, 6) is -0.334. The first-order valence-electron chi connectivity index (χ1n) is 7.49. The lowest BCUT2D eigenvalue weighted by molar-refractivity contribution is 0.0530. The van der Waals surface area contributed by atoms with Gasteiger partial charge in [-0.05, 0) is 36.8 Å². The summed E-state index contributed by atoms with van der Waals surface area (Å²) in [5, 5.41) is 1.46. The van der Waals surface area contributed by atoms with Gasteiger partial charge in [-0.1, -0.05) is 23.7 Å². The fraction of sp³-hybridized carbons (Fsp3) is 0.167. The molecule has 0 aliphatic rings. The number of benzene rings is 1. The van der Waals surface area contributed by atoms with E-state index in [9.17, 15) is 4.79 Å². The Morgan fingerprint density at radius 2 is 1.88 bits per heavy atom. The lowest BCUT2D eigenvalue weighted by Crippen LogP contribution is -2.06. The number of esters is 1. The predicted octanol–water partition coefficient (Wildman–Crippen LogP) is 4.63. The van der Waals surface area contributed by atoms with E-state index in [1.165, 1.54) is 11.3 Å². The van der Waals surface area contributed by atoms with E-state index in [2.05, 4.69) is 9.97 Å². The Hall–Kier alpha value is -2.24. The van der Waals surface area contributed by atoms with Crippen molar-refractivity contribution in [1.82, 2.24) is 9.97 Å². The second-order valence-corrected chi connectivity index (χ2v) is 6.49. The molecule has 0 amide bonds. The molecular weight excluding hydrogens is 344 g/mol. The Labute approximate surface area is 149 Å². The van der Waals surface area contributed by atoms with Gasteiger partial charge in [0.2, 0.25) is 0 Å². The highest BCUT2D eigenvalue weighted by Crippen LogP contribution is 2.30. The van der Waals surface area contributed by atoms with Gasteiger partial charge in [-0.25, -0.2) is 9.78 Å². The van der Waals surface area contributed by atoms with E-state index in [1.807, 2.05) is 36.4 Å². The summed E-state index contributed by atoms with van der Waals surface area (Å²) >= 11 is 7.27. The Kier molecular flexibility index (Phi) is 5.23. The Morgan fingerprint density at radius 1 is 1.17 bits per heavy atom. The lowest BCUT2D eigenvalue weighted by Gasteiger charge is -2.03. The topological polar surface area (TPSA) is 52.1 Å². The van der Waals surface area contributed by atoms with Gasteiger partial charge in [0.25, 0.3) is 0 Å². The summed E-state index contributed by atoms with van der Waals surface area (Å²) in [6.07, 6.45) is 3.96. The molecule has 1 aromatic carbocycles. The Bertz CT molecular complexity index is 832. The van der Waals surface area contributed by atoms with Crippen LogP contribution in [0, 0.1) is 0 Å². The van der Waals surface area contributed by atoms with E-state index in [0.717, 1.165) is 16.1 Å². The number of thiazole rings is 1. The van der Waals surface area contributed by atoms with Crippen LogP contribution in [0.25, 0.3) is 10.6 Å². The van der Waals surface area contributed by atoms with Crippen molar-refractivity contribution in [2.45, 2.75) is 13.3 Å². The maximum atomic E-state index is 12.3. The third-order valence-corrected chi connectivity index (χ3v) is 4.75. The molecular formula is C18H15ClN2O2S. The molecule has 0 aliphatic heterocycles. The largest absolute Gasteiger partial charge is 0.462 e. The number of rotatable bonds is 5. The summed E-state index contributed by atoms with van der Waals surface area (Å²) in [7, 11) is 0. The van der Waals surface area contributed by atoms with Crippen LogP contribution in [0.4, 0.5) is 0 Å². The van der Waals surface area contributed by atoms with Crippen molar-refractivity contribution in [2.24, 2.45) is 0 Å². The van der Waals surface area contributed by atoms with Gasteiger partial charge in [-0.2, -0.15) is 0 Å². The van der Waals surface area contributed by atoms with E-state index >= 15 is 0 Å². The van der Waals surface area contributed by atoms with Crippen LogP contribution in [0.15, 0.2) is 48.8 Å². The fourth-order valence-corrected chi connectivity index (χ4v) is 3.35. The van der Waals surface area contributed by atoms with Crippen molar-refractivity contribution in [3.63, 3.8) is 0 Å². The molecule has 0 unspecified atom stereocenters. The predicted molar refractivity (Wildman–Crippen MR) is 95.6 cm³/mol. The average Bonchev–Trinajstić information content (AvgIpc) is 3.02. The first kappa shape index (κ1) is 16.6. The molecule has 3 aromatic rings. The summed E-state index contributed by atoms with van der Waals surface area (Å²) in [5.41, 5.74) is 2.69. The zero-order chi connectivity index (χ0) is 16.9. The molecule has 0 atom stereocenters. The molecule has 2 aromatic heterocycles. The number of carbonyl (C=O) groups excluding carboxylic acids is 1. The van der Waals surface area contributed by atoms with Gasteiger partial charge in [0, 0.05) is 29.4 Å². The summed E-state index contributed by atoms with van der Waals surface area (Å²) in [6, 6.07) is 11.3. The monoisotopic (exact) mass is 358 g/mol. The number of ether oxygens (including phenoxy) is 1. The highest BCUT2D eigenvalue weighted by molar-refractivity contribution is 7.17. The minimum atomic E-state index is -0.334. The van der Waals surface area contributed by atoms with Gasteiger partial charge in [-0.15, -0.1) is 11.3 Å². The van der Waals surface area contributed by atoms with Gasteiger partial charge in [0.1, 0.15) is 9.88 Å². The molecule has 122 valence electrons. The van der Waals surface area contributed by atoms with E-state index in [1.54, 1.807) is 19.3 Å². The third-order valence-electron chi connectivity index (χ3n) is 3.37. The summed E-state index contributed by atoms with van der Waals surface area (Å²) < 4.78 is 5.17. The molecule has 24 heavy (non-hydrogen) atoms. The number of hydrogen-bond donors (Lipinski definition) is 0. The number of pyridine rings is 1. The minimum Gasteiger partial charge on any atom is -0.462 e. The van der Waals surface area contributed by atoms with Crippen molar-refractivity contribution in [1.29, 1.82) is 0 Å². The van der Waals surface area contributed by atoms with Crippen LogP contribution in [-0.2, 0) is 11.2 Å². The molecule has 0 bridgehead atoms. The van der Waals surface area contributed by atoms with Crippen molar-refractivity contribution in [3.8, 4) is 10.6 Å². The third kappa shape index (κ3) is 3.80. The maximum absolute atomic E-state index is 12.3. The Morgan fingerprint density at radius 3 is 2.54 bits per heavy atom. The molecule has 3 rings (SSSR count). The second-order valence-electron chi connectivity index (χ2n) is 5.05. The van der Waals surface area contributed by atoms with Crippen molar-refractivity contribution in [3.05, 3.63) is 69.9 Å². The van der Waals surface area contributed by atoms with Crippen LogP contribution < -0.4 is 0 Å². The summed E-state index contributed by atoms with van der Waals surface area (Å²) in [4.78, 5) is 21.5. The highest BCUT2D eigenvalue weighted by Gasteiger charge is 2.20. The van der Waals surface area contributed by atoms with Crippen LogP contribution in [0.1, 0.15) is 27.9 Å². The Balaban J connectivity index is 1.97. The van der Waals surface area contributed by atoms with E-state index in [-0.39, 0.29) is 5.97 Å². The van der Waals surface area contributed by atoms with E-state index < -0.39 is 0 Å². The smallest absolute Gasteiger partial charge is 0.350 e. The molecule has 0 fully saturated rings. The summed E-state index contributed by atoms with van der Waals surface area (Å²) in [6.45, 7) is 2.13. The number of nitrogens with zero attached hydrogens (tertiary/aromatic N) is 2. The van der Waals surface area contributed by atoms with Gasteiger partial charge >= 0.3 is 5.97 Å². The number of aromatic nitrogens is 2. The van der Waals surface area contributed by atoms with Gasteiger partial charge < -0.3 is 4.74 Å². The SMILES string of the molecule is CCOC(=O)c1sc(-c2ccncc2)nc1Cc1ccc(Cl)cc1. The molecule has 2 heterocycles. The number of halogens is 1. The molecule has 6 heteroatoms. The zero-order valence-corrected chi connectivity index (χ0v) is 14.6. The molecule has 0 N–H and O–H groups in total. The first-order valence-corrected chi connectivity index (χ1v) is 8.68. The average molecular weight is 359 g/mol. The first-order chi connectivity index (χ1) is 11.7. The molecule has 0 spiro atoms. The second kappa shape index (κ2) is 7.55. The molecule has 4 nitrogen and oxygen atoms in total. The lowest BCUT2D eigenvalue weighted by atomic mass is 10.1. The number of carbonyl (C=O) groups is 1. The van der Waals surface area contributed by atoms with Gasteiger partial charge in [0.15, 0.2) is 0 Å².